The lowest BCUT2D eigenvalue weighted by molar-refractivity contribution is 0.100. The number of rotatable bonds is 15. The Kier molecular flexibility index (Phi) is 17.3. The average molecular weight is 271 g/mol. The van der Waals surface area contributed by atoms with Gasteiger partial charge in [0.15, 0.2) is 0 Å². The highest BCUT2D eigenvalue weighted by molar-refractivity contribution is 5.97. The second kappa shape index (κ2) is 17.1. The van der Waals surface area contributed by atoms with Crippen molar-refractivity contribution in [1.82, 2.24) is 0 Å². The minimum atomic E-state index is 0.634. The summed E-state index contributed by atoms with van der Waals surface area (Å²) in [4.78, 5) is 0. The normalized spacial score (nSPS) is 11.0. The summed E-state index contributed by atoms with van der Waals surface area (Å²) in [5.74, 6) is 0. The Bertz CT molecular complexity index is 126. The molecule has 0 unspecified atom stereocenters. The Balaban J connectivity index is 2.86. The van der Waals surface area contributed by atoms with Crippen LogP contribution in [0.25, 0.3) is 0 Å². The summed E-state index contributed by atoms with van der Waals surface area (Å²) in [5, 5.41) is 0. The summed E-state index contributed by atoms with van der Waals surface area (Å²) in [6.45, 7) is 4.49. The predicted octanol–water partition coefficient (Wildman–Crippen LogP) is 4.41. The predicted molar refractivity (Wildman–Crippen MR) is 79.0 cm³/mol. The molecule has 0 saturated heterocycles. The van der Waals surface area contributed by atoms with E-state index in [1.54, 1.807) is 0 Å². The molecule has 107 valence electrons. The zero-order valence-electron chi connectivity index (χ0n) is 12.2. The molecule has 0 heterocycles. The summed E-state index contributed by atoms with van der Waals surface area (Å²) in [7, 11) is 2.95. The van der Waals surface area contributed by atoms with Gasteiger partial charge in [-0.2, -0.15) is 0 Å². The van der Waals surface area contributed by atoms with E-state index >= 15 is 0 Å². The molecule has 0 aliphatic heterocycles. The second-order valence-corrected chi connectivity index (χ2v) is 5.29. The fourth-order valence-corrected chi connectivity index (χ4v) is 2.15. The quantitative estimate of drug-likeness (QED) is 0.324. The molecule has 0 fully saturated rings. The Hall–Kier alpha value is 0.137. The van der Waals surface area contributed by atoms with E-state index in [1.807, 2.05) is 0 Å². The van der Waals surface area contributed by atoms with Crippen molar-refractivity contribution < 1.29 is 9.16 Å². The fraction of sp³-hybridized carbons (Fsp3) is 1.00. The van der Waals surface area contributed by atoms with Crippen LogP contribution in [0, 0.1) is 0 Å². The molecule has 0 saturated carbocycles. The van der Waals surface area contributed by atoms with E-state index in [-0.39, 0.29) is 0 Å². The lowest BCUT2D eigenvalue weighted by Gasteiger charge is -2.04. The van der Waals surface area contributed by atoms with Crippen molar-refractivity contribution in [2.24, 2.45) is 0 Å². The summed E-state index contributed by atoms with van der Waals surface area (Å²) < 4.78 is 10.1. The summed E-state index contributed by atoms with van der Waals surface area (Å²) in [6.07, 6.45) is 15.2. The third-order valence-electron chi connectivity index (χ3n) is 3.22. The van der Waals surface area contributed by atoms with E-state index in [2.05, 4.69) is 17.4 Å². The van der Waals surface area contributed by atoms with Gasteiger partial charge in [0.2, 0.25) is 10.5 Å². The van der Waals surface area contributed by atoms with E-state index in [0.717, 1.165) is 6.61 Å². The zero-order chi connectivity index (χ0) is 13.3. The molecule has 0 aliphatic rings. The summed E-state index contributed by atoms with van der Waals surface area (Å²) in [5.41, 5.74) is 0. The smallest absolute Gasteiger partial charge is 0.246 e. The van der Waals surface area contributed by atoms with Crippen molar-refractivity contribution in [3.05, 3.63) is 0 Å². The van der Waals surface area contributed by atoms with Gasteiger partial charge in [-0.3, -0.25) is 0 Å². The van der Waals surface area contributed by atoms with E-state index < -0.39 is 0 Å². The maximum atomic E-state index is 5.40. The molecule has 0 aromatic rings. The Morgan fingerprint density at radius 1 is 0.611 bits per heavy atom. The first-order valence-electron chi connectivity index (χ1n) is 7.78. The number of hydrogen-bond acceptors (Lipinski definition) is 2. The molecule has 0 atom stereocenters. The largest absolute Gasteiger partial charge is 0.416 e. The van der Waals surface area contributed by atoms with Crippen LogP contribution in [0.15, 0.2) is 0 Å². The van der Waals surface area contributed by atoms with Gasteiger partial charge in [-0.1, -0.05) is 71.1 Å². The van der Waals surface area contributed by atoms with Crippen molar-refractivity contribution in [2.75, 3.05) is 19.8 Å². The summed E-state index contributed by atoms with van der Waals surface area (Å²) >= 11 is 0. The van der Waals surface area contributed by atoms with E-state index in [0.29, 0.717) is 13.2 Å². The minimum absolute atomic E-state index is 0.634. The third-order valence-corrected chi connectivity index (χ3v) is 3.43. The molecular formula is C15H31O2Si. The van der Waals surface area contributed by atoms with Gasteiger partial charge in [0.1, 0.15) is 0 Å². The van der Waals surface area contributed by atoms with Crippen molar-refractivity contribution >= 4 is 10.5 Å². The van der Waals surface area contributed by atoms with Crippen LogP contribution in [0.4, 0.5) is 0 Å². The van der Waals surface area contributed by atoms with Gasteiger partial charge >= 0.3 is 0 Å². The van der Waals surface area contributed by atoms with Crippen LogP contribution in [-0.4, -0.2) is 30.3 Å². The van der Waals surface area contributed by atoms with Gasteiger partial charge in [-0.15, -0.1) is 0 Å². The maximum Gasteiger partial charge on any atom is 0.246 e. The molecule has 0 N–H and O–H groups in total. The van der Waals surface area contributed by atoms with E-state index in [1.165, 1.54) is 70.6 Å². The highest BCUT2D eigenvalue weighted by Gasteiger charge is 1.93. The molecule has 3 radical (unpaired) electrons. The lowest BCUT2D eigenvalue weighted by atomic mass is 10.1. The van der Waals surface area contributed by atoms with Crippen molar-refractivity contribution in [3.8, 4) is 0 Å². The van der Waals surface area contributed by atoms with Crippen LogP contribution in [0.5, 0.6) is 0 Å². The molecule has 0 rings (SSSR count). The highest BCUT2D eigenvalue weighted by atomic mass is 28.2. The van der Waals surface area contributed by atoms with Crippen LogP contribution in [0.3, 0.4) is 0 Å². The van der Waals surface area contributed by atoms with Crippen molar-refractivity contribution in [1.29, 1.82) is 0 Å². The molecule has 2 nitrogen and oxygen atoms in total. The van der Waals surface area contributed by atoms with Gasteiger partial charge < -0.3 is 9.16 Å². The zero-order valence-corrected chi connectivity index (χ0v) is 13.2. The van der Waals surface area contributed by atoms with Crippen molar-refractivity contribution in [2.45, 2.75) is 77.6 Å². The standard InChI is InChI=1S/C15H31O2Si/c1-2-3-4-5-6-7-8-9-10-11-12-13-16-14-15-17-18/h2-15H2,1H3. The molecule has 0 amide bonds. The molecule has 0 bridgehead atoms. The Morgan fingerprint density at radius 3 is 1.61 bits per heavy atom. The molecule has 0 spiro atoms. The van der Waals surface area contributed by atoms with Gasteiger partial charge in [-0.25, -0.2) is 0 Å². The molecular weight excluding hydrogens is 240 g/mol. The topological polar surface area (TPSA) is 18.5 Å². The number of ether oxygens (including phenoxy) is 1. The average Bonchev–Trinajstić information content (AvgIpc) is 2.39. The van der Waals surface area contributed by atoms with Crippen LogP contribution in [0.2, 0.25) is 0 Å². The minimum Gasteiger partial charge on any atom is -0.416 e. The van der Waals surface area contributed by atoms with Gasteiger partial charge in [0, 0.05) is 6.61 Å². The van der Waals surface area contributed by atoms with E-state index in [9.17, 15) is 0 Å². The number of hydrogen-bond donors (Lipinski definition) is 0. The van der Waals surface area contributed by atoms with Crippen LogP contribution in [0.1, 0.15) is 77.6 Å². The van der Waals surface area contributed by atoms with Gasteiger partial charge in [0.25, 0.3) is 0 Å². The molecule has 0 aromatic heterocycles. The molecule has 0 aliphatic carbocycles. The third kappa shape index (κ3) is 16.1. The first-order chi connectivity index (χ1) is 8.91. The monoisotopic (exact) mass is 271 g/mol. The van der Waals surface area contributed by atoms with Crippen LogP contribution < -0.4 is 0 Å². The fourth-order valence-electron chi connectivity index (χ4n) is 2.07. The molecule has 18 heavy (non-hydrogen) atoms. The molecule has 0 aromatic carbocycles. The van der Waals surface area contributed by atoms with Gasteiger partial charge in [-0.05, 0) is 6.42 Å². The van der Waals surface area contributed by atoms with E-state index in [4.69, 9.17) is 9.16 Å². The second-order valence-electron chi connectivity index (χ2n) is 5.00. The maximum absolute atomic E-state index is 5.40. The first kappa shape index (κ1) is 18.1. The van der Waals surface area contributed by atoms with Crippen LogP contribution in [-0.2, 0) is 9.16 Å². The Labute approximate surface area is 117 Å². The summed E-state index contributed by atoms with van der Waals surface area (Å²) in [6, 6.07) is 0. The highest BCUT2D eigenvalue weighted by Crippen LogP contribution is 2.11. The van der Waals surface area contributed by atoms with Crippen molar-refractivity contribution in [3.63, 3.8) is 0 Å². The number of unbranched alkanes of at least 4 members (excludes halogenated alkanes) is 10. The Morgan fingerprint density at radius 2 is 1.11 bits per heavy atom. The van der Waals surface area contributed by atoms with Crippen LogP contribution >= 0.6 is 0 Å². The lowest BCUT2D eigenvalue weighted by Crippen LogP contribution is -2.03. The van der Waals surface area contributed by atoms with Gasteiger partial charge in [0.05, 0.1) is 13.2 Å². The first-order valence-corrected chi connectivity index (χ1v) is 8.19. The molecule has 3 heteroatoms. The SMILES string of the molecule is CCCCCCCCCCCCCOCCO[Si].